The number of nitrogens with zero attached hydrogens (tertiary/aromatic N) is 4. The van der Waals surface area contributed by atoms with Crippen LogP contribution in [-0.2, 0) is 13.1 Å². The van der Waals surface area contributed by atoms with E-state index >= 15 is 0 Å². The maximum Gasteiger partial charge on any atom is 0.254 e. The largest absolute Gasteiger partial charge is 0.454 e. The number of pyridine rings is 1. The van der Waals surface area contributed by atoms with Gasteiger partial charge in [-0.2, -0.15) is 5.10 Å². The first kappa shape index (κ1) is 18.9. The molecule has 1 amide bonds. The van der Waals surface area contributed by atoms with Gasteiger partial charge < -0.3 is 14.4 Å². The summed E-state index contributed by atoms with van der Waals surface area (Å²) in [7, 11) is 0. The Labute approximate surface area is 179 Å². The summed E-state index contributed by atoms with van der Waals surface area (Å²) in [6, 6.07) is 21.0. The molecule has 1 aliphatic rings. The Kier molecular flexibility index (Phi) is 5.06. The van der Waals surface area contributed by atoms with Gasteiger partial charge in [-0.3, -0.25) is 9.78 Å². The van der Waals surface area contributed by atoms with Crippen molar-refractivity contribution in [2.45, 2.75) is 13.1 Å². The number of amides is 1. The topological polar surface area (TPSA) is 69.5 Å². The Morgan fingerprint density at radius 1 is 0.903 bits per heavy atom. The number of carbonyl (C=O) groups is 1. The zero-order valence-corrected chi connectivity index (χ0v) is 16.7. The first-order valence-electron chi connectivity index (χ1n) is 9.94. The number of fused-ring (bicyclic) bond motifs is 1. The van der Waals surface area contributed by atoms with Gasteiger partial charge in [0, 0.05) is 30.7 Å². The Morgan fingerprint density at radius 3 is 2.55 bits per heavy atom. The van der Waals surface area contributed by atoms with E-state index in [1.165, 1.54) is 0 Å². The van der Waals surface area contributed by atoms with Gasteiger partial charge in [0.25, 0.3) is 5.91 Å². The fourth-order valence-electron chi connectivity index (χ4n) is 3.58. The van der Waals surface area contributed by atoms with Crippen LogP contribution in [0.5, 0.6) is 11.5 Å². The highest BCUT2D eigenvalue weighted by Crippen LogP contribution is 2.33. The maximum atomic E-state index is 13.4. The molecule has 154 valence electrons. The first-order valence-corrected chi connectivity index (χ1v) is 9.94. The summed E-state index contributed by atoms with van der Waals surface area (Å²) in [6.45, 7) is 1.02. The van der Waals surface area contributed by atoms with Crippen LogP contribution in [0.25, 0.3) is 5.69 Å². The molecule has 31 heavy (non-hydrogen) atoms. The van der Waals surface area contributed by atoms with Gasteiger partial charge in [-0.25, -0.2) is 4.68 Å². The van der Waals surface area contributed by atoms with Gasteiger partial charge in [-0.05, 0) is 48.0 Å². The molecule has 0 aliphatic carbocycles. The van der Waals surface area contributed by atoms with E-state index in [-0.39, 0.29) is 12.7 Å². The highest BCUT2D eigenvalue weighted by molar-refractivity contribution is 5.94. The van der Waals surface area contributed by atoms with Crippen molar-refractivity contribution in [3.05, 3.63) is 102 Å². The number of rotatable bonds is 6. The second kappa shape index (κ2) is 8.31. The van der Waals surface area contributed by atoms with Crippen LogP contribution >= 0.6 is 0 Å². The highest BCUT2D eigenvalue weighted by atomic mass is 16.7. The molecule has 0 N–H and O–H groups in total. The molecule has 3 heterocycles. The fourth-order valence-corrected chi connectivity index (χ4v) is 3.58. The van der Waals surface area contributed by atoms with Gasteiger partial charge in [0.2, 0.25) is 6.79 Å². The van der Waals surface area contributed by atoms with Gasteiger partial charge in [0.05, 0.1) is 17.9 Å². The lowest BCUT2D eigenvalue weighted by Crippen LogP contribution is -2.31. The molecular weight excluding hydrogens is 392 g/mol. The van der Waals surface area contributed by atoms with E-state index in [1.54, 1.807) is 35.6 Å². The standard InChI is InChI=1S/C24H20N4O3/c29-24(19-8-11-25-12-9-19)27(15-18-6-7-22-23(14-18)31-17-30-22)16-21-10-13-26-28(21)20-4-2-1-3-5-20/h1-14H,15-17H2. The highest BCUT2D eigenvalue weighted by Gasteiger charge is 2.21. The normalized spacial score (nSPS) is 12.0. The summed E-state index contributed by atoms with van der Waals surface area (Å²) < 4.78 is 12.8. The molecule has 7 nitrogen and oxygen atoms in total. The van der Waals surface area contributed by atoms with Crippen molar-refractivity contribution in [1.29, 1.82) is 0 Å². The molecule has 0 radical (unpaired) electrons. The molecule has 2 aromatic carbocycles. The summed E-state index contributed by atoms with van der Waals surface area (Å²) in [6.07, 6.45) is 5.00. The van der Waals surface area contributed by atoms with Crippen LogP contribution < -0.4 is 9.47 Å². The summed E-state index contributed by atoms with van der Waals surface area (Å²) in [5.41, 5.74) is 3.40. The fraction of sp³-hybridized carbons (Fsp3) is 0.125. The van der Waals surface area contributed by atoms with Gasteiger partial charge in [-0.1, -0.05) is 24.3 Å². The molecule has 0 saturated carbocycles. The number of para-hydroxylation sites is 1. The van der Waals surface area contributed by atoms with E-state index < -0.39 is 0 Å². The van der Waals surface area contributed by atoms with Crippen molar-refractivity contribution < 1.29 is 14.3 Å². The van der Waals surface area contributed by atoms with E-state index in [1.807, 2.05) is 59.3 Å². The minimum atomic E-state index is -0.0825. The third-order valence-corrected chi connectivity index (χ3v) is 5.10. The van der Waals surface area contributed by atoms with E-state index in [0.29, 0.717) is 24.4 Å². The Bertz CT molecular complexity index is 1190. The first-order chi connectivity index (χ1) is 15.3. The predicted molar refractivity (Wildman–Crippen MR) is 114 cm³/mol. The van der Waals surface area contributed by atoms with E-state index in [4.69, 9.17) is 9.47 Å². The van der Waals surface area contributed by atoms with Crippen molar-refractivity contribution >= 4 is 5.91 Å². The Morgan fingerprint density at radius 2 is 1.71 bits per heavy atom. The van der Waals surface area contributed by atoms with Crippen LogP contribution in [0.3, 0.4) is 0 Å². The van der Waals surface area contributed by atoms with Crippen molar-refractivity contribution in [2.24, 2.45) is 0 Å². The maximum absolute atomic E-state index is 13.4. The van der Waals surface area contributed by atoms with Crippen LogP contribution in [0.15, 0.2) is 85.3 Å². The Balaban J connectivity index is 1.46. The van der Waals surface area contributed by atoms with Crippen LogP contribution in [0, 0.1) is 0 Å². The molecule has 0 fully saturated rings. The van der Waals surface area contributed by atoms with Crippen molar-refractivity contribution in [1.82, 2.24) is 19.7 Å². The number of ether oxygens (including phenoxy) is 2. The third kappa shape index (κ3) is 3.98. The van der Waals surface area contributed by atoms with Crippen molar-refractivity contribution in [3.8, 4) is 17.2 Å². The van der Waals surface area contributed by atoms with Crippen LogP contribution in [0.1, 0.15) is 21.6 Å². The molecule has 4 aromatic rings. The zero-order chi connectivity index (χ0) is 21.0. The average molecular weight is 412 g/mol. The molecule has 0 saturated heterocycles. The predicted octanol–water partition coefficient (Wildman–Crippen LogP) is 3.84. The van der Waals surface area contributed by atoms with Crippen molar-refractivity contribution in [2.75, 3.05) is 6.79 Å². The molecule has 2 aromatic heterocycles. The third-order valence-electron chi connectivity index (χ3n) is 5.10. The molecule has 7 heteroatoms. The SMILES string of the molecule is O=C(c1ccncc1)N(Cc1ccc2c(c1)OCO2)Cc1ccnn1-c1ccccc1. The minimum Gasteiger partial charge on any atom is -0.454 e. The van der Waals surface area contributed by atoms with Gasteiger partial charge >= 0.3 is 0 Å². The second-order valence-corrected chi connectivity index (χ2v) is 7.15. The lowest BCUT2D eigenvalue weighted by molar-refractivity contribution is 0.0726. The van der Waals surface area contributed by atoms with Gasteiger partial charge in [0.1, 0.15) is 0 Å². The number of carbonyl (C=O) groups excluding carboxylic acids is 1. The number of aromatic nitrogens is 3. The van der Waals surface area contributed by atoms with E-state index in [0.717, 1.165) is 22.7 Å². The van der Waals surface area contributed by atoms with Gasteiger partial charge in [0.15, 0.2) is 11.5 Å². The van der Waals surface area contributed by atoms with E-state index in [9.17, 15) is 4.79 Å². The molecule has 0 spiro atoms. The summed E-state index contributed by atoms with van der Waals surface area (Å²) in [5.74, 6) is 1.34. The van der Waals surface area contributed by atoms with Crippen LogP contribution in [0.4, 0.5) is 0 Å². The molecule has 5 rings (SSSR count). The smallest absolute Gasteiger partial charge is 0.254 e. The molecule has 0 bridgehead atoms. The average Bonchev–Trinajstić information content (AvgIpc) is 3.48. The molecule has 0 atom stereocenters. The van der Waals surface area contributed by atoms with Crippen LogP contribution in [-0.4, -0.2) is 32.4 Å². The molecule has 0 unspecified atom stereocenters. The lowest BCUT2D eigenvalue weighted by Gasteiger charge is -2.23. The monoisotopic (exact) mass is 412 g/mol. The second-order valence-electron chi connectivity index (χ2n) is 7.15. The molecule has 1 aliphatic heterocycles. The number of hydrogen-bond acceptors (Lipinski definition) is 5. The van der Waals surface area contributed by atoms with Gasteiger partial charge in [-0.15, -0.1) is 0 Å². The summed E-state index contributed by atoms with van der Waals surface area (Å²) in [4.78, 5) is 19.2. The van der Waals surface area contributed by atoms with Crippen LogP contribution in [0.2, 0.25) is 0 Å². The Hall–Kier alpha value is -4.13. The lowest BCUT2D eigenvalue weighted by atomic mass is 10.1. The zero-order valence-electron chi connectivity index (χ0n) is 16.7. The minimum absolute atomic E-state index is 0.0825. The summed E-state index contributed by atoms with van der Waals surface area (Å²) in [5, 5.41) is 4.46. The molecular formula is C24H20N4O3. The van der Waals surface area contributed by atoms with Crippen molar-refractivity contribution in [3.63, 3.8) is 0 Å². The number of hydrogen-bond donors (Lipinski definition) is 0. The summed E-state index contributed by atoms with van der Waals surface area (Å²) >= 11 is 0. The quantitative estimate of drug-likeness (QED) is 0.481. The number of benzene rings is 2. The van der Waals surface area contributed by atoms with E-state index in [2.05, 4.69) is 10.1 Å².